The number of carbonyl (C=O) groups excluding carboxylic acids is 2. The van der Waals surface area contributed by atoms with E-state index < -0.39 is 5.54 Å². The molecule has 0 unspecified atom stereocenters. The maximum atomic E-state index is 13.6. The zero-order chi connectivity index (χ0) is 21.8. The molecule has 1 N–H and O–H groups in total. The number of hydrogen-bond donors (Lipinski definition) is 1. The van der Waals surface area contributed by atoms with Crippen LogP contribution < -0.4 is 5.32 Å². The molecule has 1 atom stereocenters. The lowest BCUT2D eigenvalue weighted by Gasteiger charge is -2.50. The Bertz CT molecular complexity index is 938. The van der Waals surface area contributed by atoms with Gasteiger partial charge in [0, 0.05) is 30.8 Å². The van der Waals surface area contributed by atoms with Gasteiger partial charge in [-0.05, 0) is 48.6 Å². The first-order valence-electron chi connectivity index (χ1n) is 11.0. The normalized spacial score (nSPS) is 19.5. The molecule has 164 valence electrons. The second-order valence-corrected chi connectivity index (χ2v) is 8.88. The van der Waals surface area contributed by atoms with Crippen LogP contribution in [0.3, 0.4) is 0 Å². The average Bonchev–Trinajstić information content (AvgIpc) is 3.25. The van der Waals surface area contributed by atoms with Gasteiger partial charge < -0.3 is 15.0 Å². The quantitative estimate of drug-likeness (QED) is 0.702. The van der Waals surface area contributed by atoms with E-state index in [9.17, 15) is 9.59 Å². The summed E-state index contributed by atoms with van der Waals surface area (Å²) in [6.07, 6.45) is 4.45. The molecule has 0 aromatic heterocycles. The number of ether oxygens (including phenoxy) is 1. The van der Waals surface area contributed by atoms with Crippen molar-refractivity contribution in [3.8, 4) is 0 Å². The summed E-state index contributed by atoms with van der Waals surface area (Å²) in [4.78, 5) is 28.9. The standard InChI is InChI=1S/C25H29ClN2O3/c1-31-17-16-28-24(30)21-7-3-2-6-20(21)22(25(28)13-4-5-14-25)23(29)27-15-12-18-8-10-19(26)11-9-18/h2-3,6-11,22H,4-5,12-17H2,1H3,(H,27,29)/t22-/m0/s1. The number of rotatable bonds is 7. The van der Waals surface area contributed by atoms with Crippen LogP contribution in [0.5, 0.6) is 0 Å². The number of halogens is 1. The Balaban J connectivity index is 1.61. The van der Waals surface area contributed by atoms with Gasteiger partial charge in [-0.15, -0.1) is 0 Å². The van der Waals surface area contributed by atoms with E-state index in [1.807, 2.05) is 53.4 Å². The van der Waals surface area contributed by atoms with Crippen LogP contribution in [0.4, 0.5) is 0 Å². The Kier molecular flexibility index (Phi) is 6.63. The summed E-state index contributed by atoms with van der Waals surface area (Å²) < 4.78 is 5.30. The van der Waals surface area contributed by atoms with Gasteiger partial charge in [-0.1, -0.05) is 54.8 Å². The fourth-order valence-corrected chi connectivity index (χ4v) is 5.38. The monoisotopic (exact) mass is 440 g/mol. The Hall–Kier alpha value is -2.37. The van der Waals surface area contributed by atoms with Gasteiger partial charge in [0.2, 0.25) is 5.91 Å². The van der Waals surface area contributed by atoms with Crippen LogP contribution in [0.25, 0.3) is 0 Å². The summed E-state index contributed by atoms with van der Waals surface area (Å²) in [5, 5.41) is 3.86. The predicted octanol–water partition coefficient (Wildman–Crippen LogP) is 4.20. The van der Waals surface area contributed by atoms with Crippen LogP contribution in [0, 0.1) is 0 Å². The van der Waals surface area contributed by atoms with Crippen molar-refractivity contribution in [1.29, 1.82) is 0 Å². The Morgan fingerprint density at radius 3 is 2.58 bits per heavy atom. The van der Waals surface area contributed by atoms with Gasteiger partial charge in [0.05, 0.1) is 18.1 Å². The van der Waals surface area contributed by atoms with Crippen LogP contribution in [0.1, 0.15) is 53.1 Å². The molecule has 1 aliphatic carbocycles. The molecule has 1 saturated carbocycles. The Morgan fingerprint density at radius 2 is 1.87 bits per heavy atom. The third kappa shape index (κ3) is 4.21. The van der Waals surface area contributed by atoms with Gasteiger partial charge in [-0.25, -0.2) is 0 Å². The zero-order valence-corrected chi connectivity index (χ0v) is 18.7. The first-order valence-corrected chi connectivity index (χ1v) is 11.4. The van der Waals surface area contributed by atoms with Crippen molar-refractivity contribution >= 4 is 23.4 Å². The molecule has 2 aromatic carbocycles. The van der Waals surface area contributed by atoms with Crippen LogP contribution >= 0.6 is 11.6 Å². The van der Waals surface area contributed by atoms with Crippen molar-refractivity contribution in [3.63, 3.8) is 0 Å². The Labute approximate surface area is 188 Å². The molecule has 2 amide bonds. The van der Waals surface area contributed by atoms with Crippen molar-refractivity contribution in [3.05, 3.63) is 70.2 Å². The molecule has 0 bridgehead atoms. The molecule has 1 heterocycles. The number of nitrogens with zero attached hydrogens (tertiary/aromatic N) is 1. The molecule has 1 spiro atoms. The minimum Gasteiger partial charge on any atom is -0.383 e. The van der Waals surface area contributed by atoms with E-state index in [0.717, 1.165) is 43.2 Å². The lowest BCUT2D eigenvalue weighted by Crippen LogP contribution is -2.61. The average molecular weight is 441 g/mol. The first kappa shape index (κ1) is 21.8. The molecule has 2 aliphatic rings. The summed E-state index contributed by atoms with van der Waals surface area (Å²) in [5.74, 6) is -0.357. The van der Waals surface area contributed by atoms with E-state index in [1.165, 1.54) is 0 Å². The molecular weight excluding hydrogens is 412 g/mol. The predicted molar refractivity (Wildman–Crippen MR) is 121 cm³/mol. The van der Waals surface area contributed by atoms with Crippen LogP contribution in [-0.4, -0.2) is 49.1 Å². The van der Waals surface area contributed by atoms with Crippen molar-refractivity contribution < 1.29 is 14.3 Å². The van der Waals surface area contributed by atoms with Crippen molar-refractivity contribution in [1.82, 2.24) is 10.2 Å². The second kappa shape index (κ2) is 9.41. The number of hydrogen-bond acceptors (Lipinski definition) is 3. The van der Waals surface area contributed by atoms with Gasteiger partial charge in [-0.2, -0.15) is 0 Å². The van der Waals surface area contributed by atoms with Crippen LogP contribution in [-0.2, 0) is 16.0 Å². The summed E-state index contributed by atoms with van der Waals surface area (Å²) in [5.41, 5.74) is 2.14. The molecule has 31 heavy (non-hydrogen) atoms. The molecule has 1 aliphatic heterocycles. The summed E-state index contributed by atoms with van der Waals surface area (Å²) in [6.45, 7) is 1.50. The van der Waals surface area contributed by atoms with Crippen LogP contribution in [0.2, 0.25) is 5.02 Å². The number of benzene rings is 2. The number of methoxy groups -OCH3 is 1. The Morgan fingerprint density at radius 1 is 1.16 bits per heavy atom. The van der Waals surface area contributed by atoms with Crippen molar-refractivity contribution in [2.75, 3.05) is 26.8 Å². The molecule has 0 saturated heterocycles. The largest absolute Gasteiger partial charge is 0.383 e. The highest BCUT2D eigenvalue weighted by molar-refractivity contribution is 6.30. The van der Waals surface area contributed by atoms with Gasteiger partial charge in [0.15, 0.2) is 0 Å². The SMILES string of the molecule is COCCN1C(=O)c2ccccc2[C@@H](C(=O)NCCc2ccc(Cl)cc2)C12CCCC2. The van der Waals surface area contributed by atoms with Crippen molar-refractivity contribution in [2.45, 2.75) is 43.6 Å². The summed E-state index contributed by atoms with van der Waals surface area (Å²) >= 11 is 5.97. The smallest absolute Gasteiger partial charge is 0.254 e. The topological polar surface area (TPSA) is 58.6 Å². The van der Waals surface area contributed by atoms with Gasteiger partial charge in [-0.3, -0.25) is 9.59 Å². The lowest BCUT2D eigenvalue weighted by molar-refractivity contribution is -0.126. The minimum absolute atomic E-state index is 0.00164. The summed E-state index contributed by atoms with van der Waals surface area (Å²) in [6, 6.07) is 15.3. The number of fused-ring (bicyclic) bond motifs is 1. The first-order chi connectivity index (χ1) is 15.1. The third-order valence-corrected chi connectivity index (χ3v) is 6.95. The maximum Gasteiger partial charge on any atom is 0.254 e. The second-order valence-electron chi connectivity index (χ2n) is 8.45. The number of nitrogens with one attached hydrogen (secondary N) is 1. The zero-order valence-electron chi connectivity index (χ0n) is 17.9. The van der Waals surface area contributed by atoms with E-state index in [4.69, 9.17) is 16.3 Å². The van der Waals surface area contributed by atoms with E-state index in [0.29, 0.717) is 30.3 Å². The van der Waals surface area contributed by atoms with Crippen molar-refractivity contribution in [2.24, 2.45) is 0 Å². The van der Waals surface area contributed by atoms with Crippen LogP contribution in [0.15, 0.2) is 48.5 Å². The minimum atomic E-state index is -0.478. The summed E-state index contributed by atoms with van der Waals surface area (Å²) in [7, 11) is 1.64. The van der Waals surface area contributed by atoms with Gasteiger partial charge in [0.1, 0.15) is 0 Å². The van der Waals surface area contributed by atoms with E-state index in [2.05, 4.69) is 5.32 Å². The fourth-order valence-electron chi connectivity index (χ4n) is 5.26. The number of amides is 2. The van der Waals surface area contributed by atoms with E-state index in [1.54, 1.807) is 7.11 Å². The molecule has 6 heteroatoms. The van der Waals surface area contributed by atoms with E-state index >= 15 is 0 Å². The fraction of sp³-hybridized carbons (Fsp3) is 0.440. The highest BCUT2D eigenvalue weighted by Gasteiger charge is 2.55. The third-order valence-electron chi connectivity index (χ3n) is 6.70. The maximum absolute atomic E-state index is 13.6. The highest BCUT2D eigenvalue weighted by atomic mass is 35.5. The molecule has 4 rings (SSSR count). The molecule has 5 nitrogen and oxygen atoms in total. The molecule has 0 radical (unpaired) electrons. The van der Waals surface area contributed by atoms with E-state index in [-0.39, 0.29) is 17.7 Å². The molecular formula is C25H29ClN2O3. The molecule has 2 aromatic rings. The van der Waals surface area contributed by atoms with Gasteiger partial charge in [0.25, 0.3) is 5.91 Å². The lowest BCUT2D eigenvalue weighted by atomic mass is 9.71. The highest BCUT2D eigenvalue weighted by Crippen LogP contribution is 2.50. The van der Waals surface area contributed by atoms with Gasteiger partial charge >= 0.3 is 0 Å². The number of carbonyl (C=O) groups is 2. The molecule has 1 fully saturated rings.